The minimum Gasteiger partial charge on any atom is -0.463 e. The van der Waals surface area contributed by atoms with Crippen LogP contribution in [0.1, 0.15) is 42.1 Å². The van der Waals surface area contributed by atoms with Crippen molar-refractivity contribution in [2.75, 3.05) is 20.3 Å². The van der Waals surface area contributed by atoms with Crippen LogP contribution in [-0.4, -0.2) is 42.3 Å². The summed E-state index contributed by atoms with van der Waals surface area (Å²) in [5.41, 5.74) is 0. The van der Waals surface area contributed by atoms with Crippen LogP contribution in [0.5, 0.6) is 0 Å². The van der Waals surface area contributed by atoms with Gasteiger partial charge in [-0.3, -0.25) is 4.90 Å². The molecule has 0 amide bonds. The van der Waals surface area contributed by atoms with Crippen LogP contribution in [0.2, 0.25) is 0 Å². The molecule has 2 rings (SSSR count). The van der Waals surface area contributed by atoms with E-state index in [1.54, 1.807) is 12.1 Å². The van der Waals surface area contributed by atoms with Gasteiger partial charge < -0.3 is 14.3 Å². The van der Waals surface area contributed by atoms with E-state index in [0.29, 0.717) is 0 Å². The molecule has 1 aromatic heterocycles. The third-order valence-corrected chi connectivity index (χ3v) is 3.56. The number of carbonyl (C=O) groups excluding carboxylic acids is 1. The second-order valence-corrected chi connectivity index (χ2v) is 4.59. The third kappa shape index (κ3) is 2.42. The van der Waals surface area contributed by atoms with E-state index in [0.717, 1.165) is 25.1 Å². The molecule has 1 saturated heterocycles. The summed E-state index contributed by atoms with van der Waals surface area (Å²) in [4.78, 5) is 13.5. The van der Waals surface area contributed by atoms with Crippen LogP contribution in [0.25, 0.3) is 0 Å². The van der Waals surface area contributed by atoms with E-state index < -0.39 is 5.97 Å². The van der Waals surface area contributed by atoms with E-state index in [-0.39, 0.29) is 24.5 Å². The van der Waals surface area contributed by atoms with Gasteiger partial charge in [0.1, 0.15) is 5.76 Å². The molecule has 0 aromatic carbocycles. The second-order valence-electron chi connectivity index (χ2n) is 4.59. The lowest BCUT2D eigenvalue weighted by molar-refractivity contribution is 0.0555. The molecule has 5 heteroatoms. The highest BCUT2D eigenvalue weighted by atomic mass is 16.5. The predicted octanol–water partition coefficient (Wildman–Crippen LogP) is 1.58. The van der Waals surface area contributed by atoms with Crippen molar-refractivity contribution in [1.29, 1.82) is 0 Å². The molecule has 18 heavy (non-hydrogen) atoms. The minimum absolute atomic E-state index is 0.0584. The number of aliphatic hydroxyl groups is 1. The first-order valence-corrected chi connectivity index (χ1v) is 6.22. The molecule has 1 aliphatic heterocycles. The maximum Gasteiger partial charge on any atom is 0.373 e. The summed E-state index contributed by atoms with van der Waals surface area (Å²) in [6.45, 7) is 3.13. The summed E-state index contributed by atoms with van der Waals surface area (Å²) in [5.74, 6) is 0.489. The van der Waals surface area contributed by atoms with Gasteiger partial charge in [0.2, 0.25) is 5.76 Å². The van der Waals surface area contributed by atoms with E-state index in [2.05, 4.69) is 9.64 Å². The maximum absolute atomic E-state index is 11.3. The summed E-state index contributed by atoms with van der Waals surface area (Å²) < 4.78 is 10.1. The molecule has 1 fully saturated rings. The lowest BCUT2D eigenvalue weighted by Crippen LogP contribution is -2.34. The summed E-state index contributed by atoms with van der Waals surface area (Å²) >= 11 is 0. The lowest BCUT2D eigenvalue weighted by atomic mass is 10.2. The first-order valence-electron chi connectivity index (χ1n) is 6.22. The Morgan fingerprint density at radius 3 is 3.11 bits per heavy atom. The predicted molar refractivity (Wildman–Crippen MR) is 65.3 cm³/mol. The van der Waals surface area contributed by atoms with Crippen molar-refractivity contribution in [3.63, 3.8) is 0 Å². The molecule has 0 radical (unpaired) electrons. The van der Waals surface area contributed by atoms with Crippen LogP contribution in [0.4, 0.5) is 0 Å². The lowest BCUT2D eigenvalue weighted by Gasteiger charge is -2.28. The van der Waals surface area contributed by atoms with Gasteiger partial charge in [0, 0.05) is 6.04 Å². The first kappa shape index (κ1) is 13.1. The normalized spacial score (nSPS) is 22.1. The number of rotatable bonds is 4. The van der Waals surface area contributed by atoms with E-state index in [4.69, 9.17) is 4.42 Å². The zero-order valence-electron chi connectivity index (χ0n) is 10.8. The number of hydrogen-bond donors (Lipinski definition) is 1. The molecular formula is C13H19NO4. The molecule has 2 atom stereocenters. The van der Waals surface area contributed by atoms with Gasteiger partial charge in [-0.2, -0.15) is 0 Å². The van der Waals surface area contributed by atoms with Crippen molar-refractivity contribution in [3.8, 4) is 0 Å². The van der Waals surface area contributed by atoms with E-state index in [1.807, 2.05) is 6.92 Å². The van der Waals surface area contributed by atoms with Crippen LogP contribution < -0.4 is 0 Å². The van der Waals surface area contributed by atoms with E-state index in [1.165, 1.54) is 7.11 Å². The van der Waals surface area contributed by atoms with Crippen molar-refractivity contribution in [2.24, 2.45) is 0 Å². The van der Waals surface area contributed by atoms with E-state index in [9.17, 15) is 9.90 Å². The molecule has 5 nitrogen and oxygen atoms in total. The maximum atomic E-state index is 11.3. The fraction of sp³-hybridized carbons (Fsp3) is 0.615. The molecule has 2 unspecified atom stereocenters. The second kappa shape index (κ2) is 5.54. The zero-order valence-corrected chi connectivity index (χ0v) is 10.8. The monoisotopic (exact) mass is 253 g/mol. The minimum atomic E-state index is -0.464. The Balaban J connectivity index is 2.11. The average Bonchev–Trinajstić information content (AvgIpc) is 3.05. The van der Waals surface area contributed by atoms with Crippen LogP contribution >= 0.6 is 0 Å². The number of aliphatic hydroxyl groups excluding tert-OH is 1. The largest absolute Gasteiger partial charge is 0.463 e. The summed E-state index contributed by atoms with van der Waals surface area (Å²) in [6, 6.07) is 3.67. The van der Waals surface area contributed by atoms with Crippen molar-refractivity contribution in [1.82, 2.24) is 4.90 Å². The smallest absolute Gasteiger partial charge is 0.373 e. The van der Waals surface area contributed by atoms with Crippen molar-refractivity contribution in [3.05, 3.63) is 23.7 Å². The summed E-state index contributed by atoms with van der Waals surface area (Å²) in [5, 5.41) is 9.32. The summed E-state index contributed by atoms with van der Waals surface area (Å²) in [6.07, 6.45) is 2.09. The Labute approximate surface area is 106 Å². The molecule has 0 aliphatic carbocycles. The quantitative estimate of drug-likeness (QED) is 0.825. The topological polar surface area (TPSA) is 62.9 Å². The molecule has 1 aromatic rings. The van der Waals surface area contributed by atoms with Gasteiger partial charge in [0.25, 0.3) is 0 Å². The molecule has 0 bridgehead atoms. The fourth-order valence-electron chi connectivity index (χ4n) is 2.52. The highest BCUT2D eigenvalue weighted by Gasteiger charge is 2.30. The number of ether oxygens (including phenoxy) is 1. The van der Waals surface area contributed by atoms with Gasteiger partial charge >= 0.3 is 5.97 Å². The van der Waals surface area contributed by atoms with Gasteiger partial charge in [-0.05, 0) is 38.4 Å². The Kier molecular flexibility index (Phi) is 4.04. The average molecular weight is 253 g/mol. The zero-order chi connectivity index (χ0) is 13.1. The van der Waals surface area contributed by atoms with Crippen molar-refractivity contribution < 1.29 is 19.1 Å². The molecule has 0 saturated carbocycles. The number of esters is 1. The highest BCUT2D eigenvalue weighted by molar-refractivity contribution is 5.86. The molecule has 2 heterocycles. The van der Waals surface area contributed by atoms with Gasteiger partial charge in [0.15, 0.2) is 0 Å². The van der Waals surface area contributed by atoms with Gasteiger partial charge in [-0.1, -0.05) is 0 Å². The number of likely N-dealkylation sites (tertiary alicyclic amines) is 1. The highest BCUT2D eigenvalue weighted by Crippen LogP contribution is 2.29. The van der Waals surface area contributed by atoms with Gasteiger partial charge in [-0.15, -0.1) is 0 Å². The summed E-state index contributed by atoms with van der Waals surface area (Å²) in [7, 11) is 1.33. The molecule has 0 spiro atoms. The third-order valence-electron chi connectivity index (χ3n) is 3.56. The number of carbonyl (C=O) groups is 1. The van der Waals surface area contributed by atoms with Crippen molar-refractivity contribution >= 4 is 5.97 Å². The van der Waals surface area contributed by atoms with Crippen LogP contribution in [0.15, 0.2) is 16.5 Å². The van der Waals surface area contributed by atoms with Crippen molar-refractivity contribution in [2.45, 2.75) is 31.8 Å². The Hall–Kier alpha value is -1.33. The number of hydrogen-bond acceptors (Lipinski definition) is 5. The Morgan fingerprint density at radius 1 is 1.67 bits per heavy atom. The molecule has 100 valence electrons. The van der Waals surface area contributed by atoms with Crippen LogP contribution in [0, 0.1) is 0 Å². The van der Waals surface area contributed by atoms with Gasteiger partial charge in [-0.25, -0.2) is 4.79 Å². The Bertz CT molecular complexity index is 415. The fourth-order valence-corrected chi connectivity index (χ4v) is 2.52. The molecule has 1 N–H and O–H groups in total. The Morgan fingerprint density at radius 2 is 2.44 bits per heavy atom. The number of furan rings is 1. The first-order chi connectivity index (χ1) is 8.67. The standard InChI is InChI=1S/C13H19NO4/c1-9(14-7-3-4-10(14)8-15)11-5-6-12(18-11)13(16)17-2/h5-6,9-10,15H,3-4,7-8H2,1-2H3. The number of methoxy groups -OCH3 is 1. The number of nitrogens with zero attached hydrogens (tertiary/aromatic N) is 1. The molecule has 1 aliphatic rings. The molecular weight excluding hydrogens is 234 g/mol. The SMILES string of the molecule is COC(=O)c1ccc(C(C)N2CCCC2CO)o1. The van der Waals surface area contributed by atoms with Gasteiger partial charge in [0.05, 0.1) is 19.8 Å². The van der Waals surface area contributed by atoms with Crippen LogP contribution in [0.3, 0.4) is 0 Å². The van der Waals surface area contributed by atoms with E-state index >= 15 is 0 Å². The van der Waals surface area contributed by atoms with Crippen LogP contribution in [-0.2, 0) is 4.74 Å².